The highest BCUT2D eigenvalue weighted by atomic mass is 31.2. The first-order valence-electron chi connectivity index (χ1n) is 11.1. The molecule has 0 heterocycles. The number of unbranched alkanes of at least 4 members (excludes halogenated alkanes) is 11. The summed E-state index contributed by atoms with van der Waals surface area (Å²) in [6.45, 7) is 9.52. The third-order valence-corrected chi connectivity index (χ3v) is 10.8. The van der Waals surface area contributed by atoms with Crippen molar-refractivity contribution in [1.82, 2.24) is 0 Å². The van der Waals surface area contributed by atoms with Gasteiger partial charge in [-0.2, -0.15) is 0 Å². The Morgan fingerprint density at radius 3 is 1.13 bits per heavy atom. The van der Waals surface area contributed by atoms with Crippen molar-refractivity contribution in [3.8, 4) is 0 Å². The average molecular weight is 344 g/mol. The lowest BCUT2D eigenvalue weighted by atomic mass is 10.1. The van der Waals surface area contributed by atoms with Crippen molar-refractivity contribution >= 4 is 7.26 Å². The molecule has 0 aliphatic carbocycles. The highest BCUT2D eigenvalue weighted by Crippen LogP contribution is 2.60. The van der Waals surface area contributed by atoms with Gasteiger partial charge in [-0.15, -0.1) is 0 Å². The molecule has 0 nitrogen and oxygen atoms in total. The van der Waals surface area contributed by atoms with E-state index in [1.165, 1.54) is 96.1 Å². The molecule has 0 amide bonds. The Balaban J connectivity index is 4.06. The van der Waals surface area contributed by atoms with Crippen LogP contribution in [-0.2, 0) is 0 Å². The number of hydrogen-bond acceptors (Lipinski definition) is 0. The summed E-state index contributed by atoms with van der Waals surface area (Å²) >= 11 is 0. The van der Waals surface area contributed by atoms with Crippen LogP contribution in [0.3, 0.4) is 0 Å². The third-order valence-electron chi connectivity index (χ3n) is 5.63. The summed E-state index contributed by atoms with van der Waals surface area (Å²) in [6, 6.07) is 0. The Kier molecular flexibility index (Phi) is 17.6. The van der Waals surface area contributed by atoms with Crippen LogP contribution in [0.2, 0.25) is 0 Å². The van der Waals surface area contributed by atoms with E-state index >= 15 is 0 Å². The summed E-state index contributed by atoms with van der Waals surface area (Å²) in [5.74, 6) is 0. The van der Waals surface area contributed by atoms with E-state index in [0.717, 1.165) is 0 Å². The van der Waals surface area contributed by atoms with Crippen molar-refractivity contribution in [3.63, 3.8) is 0 Å². The molecule has 0 N–H and O–H groups in total. The Hall–Kier alpha value is 0.430. The molecule has 140 valence electrons. The summed E-state index contributed by atoms with van der Waals surface area (Å²) < 4.78 is 0. The van der Waals surface area contributed by atoms with Gasteiger partial charge < -0.3 is 0 Å². The van der Waals surface area contributed by atoms with Gasteiger partial charge in [-0.1, -0.05) is 78.6 Å². The van der Waals surface area contributed by atoms with Crippen molar-refractivity contribution in [2.24, 2.45) is 0 Å². The van der Waals surface area contributed by atoms with Gasteiger partial charge in [0.2, 0.25) is 0 Å². The number of rotatable bonds is 18. The first-order chi connectivity index (χ1) is 11.2. The lowest BCUT2D eigenvalue weighted by Gasteiger charge is -2.27. The van der Waals surface area contributed by atoms with Crippen LogP contribution >= 0.6 is 7.26 Å². The van der Waals surface area contributed by atoms with Gasteiger partial charge in [0.05, 0.1) is 24.6 Å². The van der Waals surface area contributed by atoms with Crippen LogP contribution in [0, 0.1) is 0 Å². The van der Waals surface area contributed by atoms with Crippen LogP contribution in [0.25, 0.3) is 0 Å². The molecule has 0 atom stereocenters. The molecule has 23 heavy (non-hydrogen) atoms. The topological polar surface area (TPSA) is 0 Å². The second-order valence-corrected chi connectivity index (χ2v) is 12.4. The molecule has 0 unspecified atom stereocenters. The molecule has 0 aromatic carbocycles. The predicted octanol–water partition coefficient (Wildman–Crippen LogP) is 8.55. The molecular formula is C22H48P+. The molecule has 0 aliphatic heterocycles. The summed E-state index contributed by atoms with van der Waals surface area (Å²) in [5.41, 5.74) is 0. The van der Waals surface area contributed by atoms with E-state index in [9.17, 15) is 0 Å². The number of hydrogen-bond donors (Lipinski definition) is 0. The fraction of sp³-hybridized carbons (Fsp3) is 1.00. The minimum Gasteiger partial charge on any atom is -0.0654 e. The third kappa shape index (κ3) is 13.4. The molecule has 1 heteroatoms. The van der Waals surface area contributed by atoms with Crippen LogP contribution in [0.5, 0.6) is 0 Å². The van der Waals surface area contributed by atoms with Crippen molar-refractivity contribution in [3.05, 3.63) is 0 Å². The maximum atomic E-state index is 2.51. The minimum atomic E-state index is -0.605. The molecule has 0 aromatic rings. The summed E-state index contributed by atoms with van der Waals surface area (Å²) in [5, 5.41) is 0. The fourth-order valence-electron chi connectivity index (χ4n) is 3.76. The molecule has 0 saturated heterocycles. The molecule has 0 rings (SSSR count). The van der Waals surface area contributed by atoms with Crippen molar-refractivity contribution in [2.45, 2.75) is 118 Å². The molecule has 0 saturated carbocycles. The van der Waals surface area contributed by atoms with Crippen LogP contribution in [0.1, 0.15) is 118 Å². The SMILES string of the molecule is CCCCCCCC[P+](CC)(CCCC)CCCCCCCC. The zero-order valence-corrected chi connectivity index (χ0v) is 18.1. The minimum absolute atomic E-state index is 0.605. The van der Waals surface area contributed by atoms with Gasteiger partial charge in [0.25, 0.3) is 0 Å². The maximum Gasteiger partial charge on any atom is 0.0594 e. The molecule has 0 aliphatic rings. The van der Waals surface area contributed by atoms with Gasteiger partial charge in [0.15, 0.2) is 0 Å². The zero-order valence-electron chi connectivity index (χ0n) is 17.2. The second kappa shape index (κ2) is 17.3. The second-order valence-electron chi connectivity index (χ2n) is 7.72. The monoisotopic (exact) mass is 343 g/mol. The van der Waals surface area contributed by atoms with E-state index in [0.29, 0.717) is 0 Å². The van der Waals surface area contributed by atoms with E-state index in [2.05, 4.69) is 27.7 Å². The van der Waals surface area contributed by atoms with Crippen molar-refractivity contribution < 1.29 is 0 Å². The van der Waals surface area contributed by atoms with Gasteiger partial charge in [0, 0.05) is 7.26 Å². The summed E-state index contributed by atoms with van der Waals surface area (Å²) in [6.07, 6.45) is 26.9. The van der Waals surface area contributed by atoms with Gasteiger partial charge in [-0.25, -0.2) is 0 Å². The molecule has 0 aromatic heterocycles. The van der Waals surface area contributed by atoms with E-state index in [4.69, 9.17) is 0 Å². The standard InChI is InChI=1S/C22H48P/c1-5-9-12-14-16-18-21-23(8-4,20-11-7-3)22-19-17-15-13-10-6-2/h5-22H2,1-4H3/q+1. The Labute approximate surface area is 149 Å². The molecule has 0 fully saturated rings. The van der Waals surface area contributed by atoms with Gasteiger partial charge >= 0.3 is 0 Å². The fourth-order valence-corrected chi connectivity index (χ4v) is 8.15. The van der Waals surface area contributed by atoms with Crippen molar-refractivity contribution in [2.75, 3.05) is 24.6 Å². The van der Waals surface area contributed by atoms with E-state index < -0.39 is 7.26 Å². The first kappa shape index (κ1) is 23.4. The normalized spacial score (nSPS) is 12.0. The Morgan fingerprint density at radius 1 is 0.391 bits per heavy atom. The van der Waals surface area contributed by atoms with Gasteiger partial charge in [-0.3, -0.25) is 0 Å². The summed E-state index contributed by atoms with van der Waals surface area (Å²) in [7, 11) is -0.605. The largest absolute Gasteiger partial charge is 0.0654 e. The highest BCUT2D eigenvalue weighted by molar-refractivity contribution is 7.75. The lowest BCUT2D eigenvalue weighted by Crippen LogP contribution is -2.11. The Morgan fingerprint density at radius 2 is 0.739 bits per heavy atom. The van der Waals surface area contributed by atoms with Crippen molar-refractivity contribution in [1.29, 1.82) is 0 Å². The first-order valence-corrected chi connectivity index (χ1v) is 13.6. The van der Waals surface area contributed by atoms with Gasteiger partial charge in [0.1, 0.15) is 0 Å². The van der Waals surface area contributed by atoms with Gasteiger partial charge in [-0.05, 0) is 39.0 Å². The average Bonchev–Trinajstić information content (AvgIpc) is 2.58. The highest BCUT2D eigenvalue weighted by Gasteiger charge is 2.33. The predicted molar refractivity (Wildman–Crippen MR) is 114 cm³/mol. The van der Waals surface area contributed by atoms with E-state index in [1.54, 1.807) is 18.5 Å². The molecule has 0 bridgehead atoms. The quantitative estimate of drug-likeness (QED) is 0.173. The zero-order chi connectivity index (χ0) is 17.2. The molecule has 0 radical (unpaired) electrons. The van der Waals surface area contributed by atoms with Crippen LogP contribution < -0.4 is 0 Å². The van der Waals surface area contributed by atoms with Crippen LogP contribution in [-0.4, -0.2) is 24.6 Å². The maximum absolute atomic E-state index is 2.51. The Bertz CT molecular complexity index is 208. The van der Waals surface area contributed by atoms with E-state index in [1.807, 2.05) is 0 Å². The van der Waals surface area contributed by atoms with Crippen LogP contribution in [0.4, 0.5) is 0 Å². The lowest BCUT2D eigenvalue weighted by molar-refractivity contribution is 0.620. The van der Waals surface area contributed by atoms with E-state index in [-0.39, 0.29) is 0 Å². The molecular weight excluding hydrogens is 295 g/mol. The smallest absolute Gasteiger partial charge is 0.0594 e. The molecule has 0 spiro atoms. The summed E-state index contributed by atoms with van der Waals surface area (Å²) in [4.78, 5) is 0. The van der Waals surface area contributed by atoms with Crippen LogP contribution in [0.15, 0.2) is 0 Å².